The summed E-state index contributed by atoms with van der Waals surface area (Å²) in [5, 5.41) is 4.43. The van der Waals surface area contributed by atoms with E-state index in [1.54, 1.807) is 23.8 Å². The molecule has 3 aromatic rings. The molecule has 0 fully saturated rings. The highest BCUT2D eigenvalue weighted by Gasteiger charge is 2.39. The van der Waals surface area contributed by atoms with E-state index in [4.69, 9.17) is 14.2 Å². The predicted molar refractivity (Wildman–Crippen MR) is 111 cm³/mol. The van der Waals surface area contributed by atoms with E-state index >= 15 is 0 Å². The molecule has 1 aliphatic rings. The smallest absolute Gasteiger partial charge is 0.255 e. The van der Waals surface area contributed by atoms with Crippen molar-refractivity contribution in [3.05, 3.63) is 66.0 Å². The Morgan fingerprint density at radius 1 is 0.933 bits per heavy atom. The standard InChI is InChI=1S/C22H24N4O4/c1-28-13-21(27)25-19(15-4-8-17(29-2)9-5-15)12-20(26-22(25)23-14-24-26)16-6-10-18(30-3)11-7-16/h4-11,14,19-20H,12-13H2,1-3H3/t19-,20-/m1/s1. The van der Waals surface area contributed by atoms with Gasteiger partial charge >= 0.3 is 0 Å². The molecule has 0 unspecified atom stereocenters. The van der Waals surface area contributed by atoms with Gasteiger partial charge in [0.2, 0.25) is 5.95 Å². The average molecular weight is 408 g/mol. The lowest BCUT2D eigenvalue weighted by Gasteiger charge is -2.39. The first-order chi connectivity index (χ1) is 14.7. The van der Waals surface area contributed by atoms with Gasteiger partial charge in [-0.2, -0.15) is 10.1 Å². The number of carbonyl (C=O) groups excluding carboxylic acids is 1. The van der Waals surface area contributed by atoms with Crippen molar-refractivity contribution in [2.24, 2.45) is 0 Å². The lowest BCUT2D eigenvalue weighted by Crippen LogP contribution is -2.44. The van der Waals surface area contributed by atoms with E-state index in [1.165, 1.54) is 13.4 Å². The van der Waals surface area contributed by atoms with E-state index in [1.807, 2.05) is 48.5 Å². The average Bonchev–Trinajstić information content (AvgIpc) is 3.28. The summed E-state index contributed by atoms with van der Waals surface area (Å²) in [4.78, 5) is 19.1. The highest BCUT2D eigenvalue weighted by Crippen LogP contribution is 2.42. The summed E-state index contributed by atoms with van der Waals surface area (Å²) in [7, 11) is 4.78. The van der Waals surface area contributed by atoms with Crippen molar-refractivity contribution in [2.75, 3.05) is 32.8 Å². The van der Waals surface area contributed by atoms with Crippen LogP contribution in [0.5, 0.6) is 11.5 Å². The van der Waals surface area contributed by atoms with Crippen LogP contribution in [0.1, 0.15) is 29.6 Å². The fourth-order valence-corrected chi connectivity index (χ4v) is 3.89. The van der Waals surface area contributed by atoms with Crippen LogP contribution in [0.25, 0.3) is 0 Å². The summed E-state index contributed by atoms with van der Waals surface area (Å²) in [6, 6.07) is 15.4. The van der Waals surface area contributed by atoms with Crippen LogP contribution in [0.15, 0.2) is 54.9 Å². The quantitative estimate of drug-likeness (QED) is 0.624. The Morgan fingerprint density at radius 2 is 1.50 bits per heavy atom. The number of fused-ring (bicyclic) bond motifs is 1. The van der Waals surface area contributed by atoms with Crippen molar-refractivity contribution < 1.29 is 19.0 Å². The number of benzene rings is 2. The first-order valence-corrected chi connectivity index (χ1v) is 9.64. The summed E-state index contributed by atoms with van der Waals surface area (Å²) in [6.45, 7) is -0.0350. The Kier molecular flexibility index (Phi) is 5.67. The van der Waals surface area contributed by atoms with Crippen LogP contribution in [0.4, 0.5) is 5.95 Å². The third-order valence-corrected chi connectivity index (χ3v) is 5.36. The van der Waals surface area contributed by atoms with E-state index < -0.39 is 0 Å². The summed E-state index contributed by atoms with van der Waals surface area (Å²) in [5.74, 6) is 1.89. The molecule has 1 aromatic heterocycles. The maximum Gasteiger partial charge on any atom is 0.255 e. The Balaban J connectivity index is 1.78. The largest absolute Gasteiger partial charge is 0.497 e. The molecule has 0 saturated heterocycles. The highest BCUT2D eigenvalue weighted by molar-refractivity contribution is 5.93. The lowest BCUT2D eigenvalue weighted by atomic mass is 9.92. The van der Waals surface area contributed by atoms with Crippen LogP contribution in [-0.2, 0) is 9.53 Å². The lowest BCUT2D eigenvalue weighted by molar-refractivity contribution is -0.123. The first-order valence-electron chi connectivity index (χ1n) is 9.64. The Hall–Kier alpha value is -3.39. The van der Waals surface area contributed by atoms with Crippen LogP contribution in [0.3, 0.4) is 0 Å². The maximum atomic E-state index is 13.0. The molecule has 2 heterocycles. The third-order valence-electron chi connectivity index (χ3n) is 5.36. The van der Waals surface area contributed by atoms with Crippen LogP contribution >= 0.6 is 0 Å². The molecule has 0 spiro atoms. The second kappa shape index (κ2) is 8.54. The zero-order valence-corrected chi connectivity index (χ0v) is 17.2. The fraction of sp³-hybridized carbons (Fsp3) is 0.318. The van der Waals surface area contributed by atoms with Gasteiger partial charge in [0, 0.05) is 7.11 Å². The second-order valence-corrected chi connectivity index (χ2v) is 7.01. The molecule has 30 heavy (non-hydrogen) atoms. The summed E-state index contributed by atoms with van der Waals surface area (Å²) < 4.78 is 17.5. The van der Waals surface area contributed by atoms with Crippen molar-refractivity contribution >= 4 is 11.9 Å². The monoisotopic (exact) mass is 408 g/mol. The van der Waals surface area contributed by atoms with Gasteiger partial charge in [-0.25, -0.2) is 4.68 Å². The summed E-state index contributed by atoms with van der Waals surface area (Å²) in [5.41, 5.74) is 2.06. The molecule has 8 heteroatoms. The number of amides is 1. The summed E-state index contributed by atoms with van der Waals surface area (Å²) >= 11 is 0. The molecule has 8 nitrogen and oxygen atoms in total. The molecule has 0 N–H and O–H groups in total. The molecule has 1 aliphatic heterocycles. The SMILES string of the molecule is COCC(=O)N1c2ncnn2[C@@H](c2ccc(OC)cc2)C[C@@H]1c1ccc(OC)cc1. The molecule has 0 radical (unpaired) electrons. The van der Waals surface area contributed by atoms with Crippen LogP contribution < -0.4 is 14.4 Å². The second-order valence-electron chi connectivity index (χ2n) is 7.01. The van der Waals surface area contributed by atoms with Gasteiger partial charge in [0.05, 0.1) is 26.3 Å². The first kappa shape index (κ1) is 19.9. The molecule has 1 amide bonds. The molecule has 0 aliphatic carbocycles. The number of hydrogen-bond donors (Lipinski definition) is 0. The van der Waals surface area contributed by atoms with Gasteiger partial charge in [0.15, 0.2) is 0 Å². The number of rotatable bonds is 6. The number of methoxy groups -OCH3 is 3. The number of nitrogens with zero attached hydrogens (tertiary/aromatic N) is 4. The number of ether oxygens (including phenoxy) is 3. The third kappa shape index (κ3) is 3.61. The van der Waals surface area contributed by atoms with Crippen molar-refractivity contribution in [3.8, 4) is 11.5 Å². The van der Waals surface area contributed by atoms with Gasteiger partial charge in [-0.1, -0.05) is 24.3 Å². The minimum Gasteiger partial charge on any atom is -0.497 e. The number of carbonyl (C=O) groups is 1. The fourth-order valence-electron chi connectivity index (χ4n) is 3.89. The normalized spacial score (nSPS) is 18.0. The van der Waals surface area contributed by atoms with E-state index in [0.29, 0.717) is 12.4 Å². The van der Waals surface area contributed by atoms with Crippen LogP contribution in [-0.4, -0.2) is 48.6 Å². The van der Waals surface area contributed by atoms with E-state index in [9.17, 15) is 4.79 Å². The number of hydrogen-bond acceptors (Lipinski definition) is 6. The van der Waals surface area contributed by atoms with Gasteiger partial charge < -0.3 is 14.2 Å². The van der Waals surface area contributed by atoms with Crippen molar-refractivity contribution in [3.63, 3.8) is 0 Å². The molecule has 0 saturated carbocycles. The van der Waals surface area contributed by atoms with Crippen LogP contribution in [0.2, 0.25) is 0 Å². The van der Waals surface area contributed by atoms with Gasteiger partial charge in [-0.05, 0) is 41.8 Å². The van der Waals surface area contributed by atoms with Crippen molar-refractivity contribution in [1.29, 1.82) is 0 Å². The zero-order valence-electron chi connectivity index (χ0n) is 17.2. The molecule has 2 atom stereocenters. The highest BCUT2D eigenvalue weighted by atomic mass is 16.5. The van der Waals surface area contributed by atoms with Crippen LogP contribution in [0, 0.1) is 0 Å². The van der Waals surface area contributed by atoms with E-state index in [-0.39, 0.29) is 24.6 Å². The zero-order chi connectivity index (χ0) is 21.1. The topological polar surface area (TPSA) is 78.7 Å². The van der Waals surface area contributed by atoms with Gasteiger partial charge in [-0.3, -0.25) is 9.69 Å². The van der Waals surface area contributed by atoms with E-state index in [0.717, 1.165) is 22.6 Å². The van der Waals surface area contributed by atoms with Gasteiger partial charge in [0.1, 0.15) is 24.4 Å². The Bertz CT molecular complexity index is 1000. The minimum absolute atomic E-state index is 0.0350. The van der Waals surface area contributed by atoms with Crippen molar-refractivity contribution in [2.45, 2.75) is 18.5 Å². The van der Waals surface area contributed by atoms with Gasteiger partial charge in [0.25, 0.3) is 5.91 Å². The van der Waals surface area contributed by atoms with E-state index in [2.05, 4.69) is 10.1 Å². The molecule has 156 valence electrons. The molecular formula is C22H24N4O4. The number of anilines is 1. The molecule has 4 rings (SSSR count). The summed E-state index contributed by atoms with van der Waals surface area (Å²) in [6.07, 6.45) is 2.12. The Morgan fingerprint density at radius 3 is 2.03 bits per heavy atom. The van der Waals surface area contributed by atoms with Crippen molar-refractivity contribution in [1.82, 2.24) is 14.8 Å². The number of aromatic nitrogens is 3. The van der Waals surface area contributed by atoms with Gasteiger partial charge in [-0.15, -0.1) is 0 Å². The molecular weight excluding hydrogens is 384 g/mol. The minimum atomic E-state index is -0.220. The maximum absolute atomic E-state index is 13.0. The molecule has 0 bridgehead atoms. The Labute approximate surface area is 175 Å². The predicted octanol–water partition coefficient (Wildman–Crippen LogP) is 3.01. The molecule has 2 aromatic carbocycles.